The normalized spacial score (nSPS) is 25.6. The molecule has 1 aromatic carbocycles. The number of aryl methyl sites for hydroxylation is 1. The van der Waals surface area contributed by atoms with Crippen LogP contribution < -0.4 is 0 Å². The van der Waals surface area contributed by atoms with Gasteiger partial charge in [-0.05, 0) is 24.6 Å². The summed E-state index contributed by atoms with van der Waals surface area (Å²) >= 11 is 0. The molecule has 1 saturated heterocycles. The highest BCUT2D eigenvalue weighted by atomic mass is 16.6. The first-order valence-electron chi connectivity index (χ1n) is 4.76. The van der Waals surface area contributed by atoms with E-state index in [1.165, 1.54) is 5.56 Å². The molecule has 1 aliphatic rings. The number of oxazole rings is 1. The molecule has 2 aromatic rings. The Balaban J connectivity index is 2.10. The van der Waals surface area contributed by atoms with Crippen molar-refractivity contribution in [2.75, 3.05) is 0 Å². The van der Waals surface area contributed by atoms with Crippen molar-refractivity contribution in [2.45, 2.75) is 26.1 Å². The number of aromatic nitrogens is 1. The Kier molecular flexibility index (Phi) is 1.47. The predicted octanol–water partition coefficient (Wildman–Crippen LogP) is 2.60. The molecule has 1 aromatic heterocycles. The largest absolute Gasteiger partial charge is 0.441 e. The second-order valence-electron chi connectivity index (χ2n) is 3.72. The van der Waals surface area contributed by atoms with Gasteiger partial charge in [0.05, 0.1) is 6.10 Å². The van der Waals surface area contributed by atoms with Crippen LogP contribution >= 0.6 is 0 Å². The van der Waals surface area contributed by atoms with Crippen molar-refractivity contribution in [2.24, 2.45) is 0 Å². The van der Waals surface area contributed by atoms with E-state index >= 15 is 0 Å². The second-order valence-corrected chi connectivity index (χ2v) is 3.72. The van der Waals surface area contributed by atoms with Gasteiger partial charge in [-0.1, -0.05) is 6.07 Å². The lowest BCUT2D eigenvalue weighted by Crippen LogP contribution is -1.82. The highest BCUT2D eigenvalue weighted by Gasteiger charge is 2.35. The molecule has 2 heterocycles. The molecule has 3 nitrogen and oxygen atoms in total. The average molecular weight is 189 g/mol. The van der Waals surface area contributed by atoms with Crippen molar-refractivity contribution >= 4 is 11.1 Å². The molecule has 1 fully saturated rings. The molecule has 3 rings (SSSR count). The second kappa shape index (κ2) is 2.58. The van der Waals surface area contributed by atoms with Crippen molar-refractivity contribution in [3.8, 4) is 0 Å². The Bertz CT molecular complexity index is 489. The van der Waals surface area contributed by atoms with Gasteiger partial charge in [-0.3, -0.25) is 0 Å². The molecular formula is C11H11NO2. The van der Waals surface area contributed by atoms with E-state index in [9.17, 15) is 0 Å². The van der Waals surface area contributed by atoms with Gasteiger partial charge in [0.1, 0.15) is 11.6 Å². The molecule has 0 radical (unpaired) electrons. The van der Waals surface area contributed by atoms with Crippen LogP contribution in [0.4, 0.5) is 0 Å². The third-order valence-electron chi connectivity index (χ3n) is 2.56. The summed E-state index contributed by atoms with van der Waals surface area (Å²) in [6.45, 7) is 3.93. The first-order valence-corrected chi connectivity index (χ1v) is 4.76. The van der Waals surface area contributed by atoms with Crippen LogP contribution in [0, 0.1) is 6.92 Å². The van der Waals surface area contributed by atoms with Gasteiger partial charge in [0.25, 0.3) is 0 Å². The highest BCUT2D eigenvalue weighted by Crippen LogP contribution is 2.38. The van der Waals surface area contributed by atoms with Gasteiger partial charge >= 0.3 is 0 Å². The molecule has 1 aliphatic heterocycles. The summed E-state index contributed by atoms with van der Waals surface area (Å²) in [7, 11) is 0. The third kappa shape index (κ3) is 1.13. The van der Waals surface area contributed by atoms with Crippen LogP contribution in [-0.2, 0) is 4.74 Å². The van der Waals surface area contributed by atoms with Gasteiger partial charge < -0.3 is 9.15 Å². The maximum Gasteiger partial charge on any atom is 0.192 e. The number of benzene rings is 1. The lowest BCUT2D eigenvalue weighted by atomic mass is 10.1. The monoisotopic (exact) mass is 189 g/mol. The molecule has 3 heteroatoms. The third-order valence-corrected chi connectivity index (χ3v) is 2.56. The summed E-state index contributed by atoms with van der Waals surface area (Å²) in [6, 6.07) is 6.05. The summed E-state index contributed by atoms with van der Waals surface area (Å²) < 4.78 is 10.9. The van der Waals surface area contributed by atoms with Gasteiger partial charge in [-0.15, -0.1) is 0 Å². The smallest absolute Gasteiger partial charge is 0.192 e. The lowest BCUT2D eigenvalue weighted by Gasteiger charge is -1.93. The van der Waals surface area contributed by atoms with E-state index < -0.39 is 0 Å². The Morgan fingerprint density at radius 1 is 1.36 bits per heavy atom. The van der Waals surface area contributed by atoms with E-state index in [-0.39, 0.29) is 6.10 Å². The fraction of sp³-hybridized carbons (Fsp3) is 0.364. The molecule has 72 valence electrons. The maximum atomic E-state index is 5.46. The van der Waals surface area contributed by atoms with Crippen molar-refractivity contribution in [1.29, 1.82) is 0 Å². The van der Waals surface area contributed by atoms with Crippen LogP contribution in [0.3, 0.4) is 0 Å². The minimum Gasteiger partial charge on any atom is -0.441 e. The molecule has 0 aliphatic carbocycles. The number of hydrogen-bond donors (Lipinski definition) is 0. The number of fused-ring (bicyclic) bond motifs is 1. The zero-order chi connectivity index (χ0) is 9.71. The molecule has 0 amide bonds. The molecule has 2 unspecified atom stereocenters. The number of nitrogens with zero attached hydrogens (tertiary/aromatic N) is 1. The van der Waals surface area contributed by atoms with Gasteiger partial charge in [-0.2, -0.15) is 0 Å². The maximum absolute atomic E-state index is 5.46. The van der Waals surface area contributed by atoms with Crippen LogP contribution in [0.5, 0.6) is 0 Å². The summed E-state index contributed by atoms with van der Waals surface area (Å²) in [4.78, 5) is 4.25. The van der Waals surface area contributed by atoms with Crippen molar-refractivity contribution in [3.63, 3.8) is 0 Å². The number of ether oxygens (including phenoxy) is 1. The van der Waals surface area contributed by atoms with Crippen molar-refractivity contribution in [3.05, 3.63) is 29.7 Å². The molecule has 2 atom stereocenters. The molecule has 0 saturated carbocycles. The summed E-state index contributed by atoms with van der Waals surface area (Å²) in [5.41, 5.74) is 2.95. The first kappa shape index (κ1) is 8.00. The van der Waals surface area contributed by atoms with Crippen LogP contribution in [0.2, 0.25) is 0 Å². The van der Waals surface area contributed by atoms with E-state index in [0.29, 0.717) is 12.0 Å². The Morgan fingerprint density at radius 2 is 2.14 bits per heavy atom. The summed E-state index contributed by atoms with van der Waals surface area (Å²) in [5, 5.41) is 0. The molecule has 0 N–H and O–H groups in total. The Hall–Kier alpha value is -1.35. The number of epoxide rings is 1. The molecular weight excluding hydrogens is 178 g/mol. The minimum absolute atomic E-state index is 0.254. The zero-order valence-corrected chi connectivity index (χ0v) is 8.15. The standard InChI is InChI=1S/C11H11NO2/c1-6-11(13-6)8-3-4-9-10(5-8)14-7(2)12-9/h3-6,11H,1-2H3. The van der Waals surface area contributed by atoms with E-state index in [1.807, 2.05) is 19.1 Å². The van der Waals surface area contributed by atoms with E-state index in [0.717, 1.165) is 11.1 Å². The van der Waals surface area contributed by atoms with Crippen molar-refractivity contribution < 1.29 is 9.15 Å². The topological polar surface area (TPSA) is 38.6 Å². The first-order chi connectivity index (χ1) is 6.74. The van der Waals surface area contributed by atoms with Crippen LogP contribution in [0.1, 0.15) is 24.5 Å². The van der Waals surface area contributed by atoms with Crippen molar-refractivity contribution in [1.82, 2.24) is 4.98 Å². The Labute approximate surface area is 81.7 Å². The number of rotatable bonds is 1. The fourth-order valence-electron chi connectivity index (χ4n) is 1.77. The van der Waals surface area contributed by atoms with E-state index in [4.69, 9.17) is 9.15 Å². The summed E-state index contributed by atoms with van der Waals surface area (Å²) in [5.74, 6) is 0.710. The highest BCUT2D eigenvalue weighted by molar-refractivity contribution is 5.73. The molecule has 0 spiro atoms. The summed E-state index contributed by atoms with van der Waals surface area (Å²) in [6.07, 6.45) is 0.598. The fourth-order valence-corrected chi connectivity index (χ4v) is 1.77. The lowest BCUT2D eigenvalue weighted by molar-refractivity contribution is 0.383. The van der Waals surface area contributed by atoms with Crippen LogP contribution in [0.25, 0.3) is 11.1 Å². The Morgan fingerprint density at radius 3 is 2.86 bits per heavy atom. The van der Waals surface area contributed by atoms with E-state index in [2.05, 4.69) is 18.0 Å². The van der Waals surface area contributed by atoms with Gasteiger partial charge in [0, 0.05) is 6.92 Å². The van der Waals surface area contributed by atoms with Gasteiger partial charge in [0.2, 0.25) is 0 Å². The SMILES string of the molecule is Cc1nc2ccc(C3OC3C)cc2o1. The molecule has 14 heavy (non-hydrogen) atoms. The molecule has 0 bridgehead atoms. The van der Waals surface area contributed by atoms with Crippen LogP contribution in [-0.4, -0.2) is 11.1 Å². The minimum atomic E-state index is 0.254. The van der Waals surface area contributed by atoms with E-state index in [1.54, 1.807) is 0 Å². The van der Waals surface area contributed by atoms with Gasteiger partial charge in [-0.25, -0.2) is 4.98 Å². The average Bonchev–Trinajstić information content (AvgIpc) is 2.76. The number of hydrogen-bond acceptors (Lipinski definition) is 3. The zero-order valence-electron chi connectivity index (χ0n) is 8.15. The predicted molar refractivity (Wildman–Crippen MR) is 52.0 cm³/mol. The van der Waals surface area contributed by atoms with Crippen LogP contribution in [0.15, 0.2) is 22.6 Å². The van der Waals surface area contributed by atoms with Gasteiger partial charge in [0.15, 0.2) is 11.5 Å². The quantitative estimate of drug-likeness (QED) is 0.647.